The number of hydrogen-bond donors (Lipinski definition) is 2. The van der Waals surface area contributed by atoms with E-state index in [2.05, 4.69) is 5.32 Å². The molecule has 0 aliphatic rings. The van der Waals surface area contributed by atoms with Gasteiger partial charge in [0.25, 0.3) is 0 Å². The summed E-state index contributed by atoms with van der Waals surface area (Å²) in [6.45, 7) is 0. The van der Waals surface area contributed by atoms with E-state index in [0.717, 1.165) is 0 Å². The van der Waals surface area contributed by atoms with Gasteiger partial charge in [-0.2, -0.15) is 0 Å². The molecule has 0 radical (unpaired) electrons. The predicted molar refractivity (Wildman–Crippen MR) is 84.1 cm³/mol. The van der Waals surface area contributed by atoms with Crippen LogP contribution in [0.2, 0.25) is 5.02 Å². The molecular weight excluding hydrogens is 375 g/mol. The summed E-state index contributed by atoms with van der Waals surface area (Å²) in [5, 5.41) is 4.30. The van der Waals surface area contributed by atoms with Crippen LogP contribution >= 0.6 is 23.8 Å². The molecule has 2 aromatic carbocycles. The van der Waals surface area contributed by atoms with Crippen LogP contribution in [-0.2, 0) is 0 Å². The Morgan fingerprint density at radius 2 is 1.50 bits per heavy atom. The Morgan fingerprint density at radius 1 is 0.958 bits per heavy atom. The third-order valence-electron chi connectivity index (χ3n) is 2.86. The topological polar surface area (TPSA) is 33.3 Å². The zero-order valence-electron chi connectivity index (χ0n) is 11.8. The number of rotatable bonds is 3. The van der Waals surface area contributed by atoms with E-state index < -0.39 is 39.9 Å². The summed E-state index contributed by atoms with van der Waals surface area (Å²) in [4.78, 5) is 0. The molecule has 0 saturated carbocycles. The Labute approximate surface area is 143 Å². The molecule has 128 valence electrons. The summed E-state index contributed by atoms with van der Waals surface area (Å²) in [7, 11) is 1.36. The molecule has 2 N–H and O–H groups in total. The fourth-order valence-corrected chi connectivity index (χ4v) is 2.14. The van der Waals surface area contributed by atoms with Gasteiger partial charge in [-0.15, -0.1) is 0 Å². The molecule has 24 heavy (non-hydrogen) atoms. The van der Waals surface area contributed by atoms with Gasteiger partial charge in [-0.25, -0.2) is 22.0 Å². The van der Waals surface area contributed by atoms with Gasteiger partial charge in [0.15, 0.2) is 28.4 Å². The second kappa shape index (κ2) is 7.18. The van der Waals surface area contributed by atoms with Gasteiger partial charge in [0.2, 0.25) is 5.82 Å². The number of ether oxygens (including phenoxy) is 1. The van der Waals surface area contributed by atoms with Gasteiger partial charge in [0.1, 0.15) is 11.4 Å². The molecular formula is C14H8ClF5N2OS. The molecule has 0 atom stereocenters. The van der Waals surface area contributed by atoms with Crippen molar-refractivity contribution in [1.29, 1.82) is 0 Å². The fraction of sp³-hybridized carbons (Fsp3) is 0.0714. The average molecular weight is 383 g/mol. The largest absolute Gasteiger partial charge is 0.495 e. The molecule has 0 unspecified atom stereocenters. The Kier molecular flexibility index (Phi) is 5.45. The number of halogens is 6. The van der Waals surface area contributed by atoms with Gasteiger partial charge in [-0.1, -0.05) is 11.6 Å². The zero-order chi connectivity index (χ0) is 18.0. The van der Waals surface area contributed by atoms with E-state index in [1.54, 1.807) is 0 Å². The maximum atomic E-state index is 13.6. The maximum Gasteiger partial charge on any atom is 0.200 e. The first kappa shape index (κ1) is 18.2. The lowest BCUT2D eigenvalue weighted by Crippen LogP contribution is -2.22. The molecule has 0 saturated heterocycles. The van der Waals surface area contributed by atoms with E-state index in [1.807, 2.05) is 5.32 Å². The van der Waals surface area contributed by atoms with E-state index >= 15 is 0 Å². The van der Waals surface area contributed by atoms with Crippen LogP contribution in [0, 0.1) is 29.1 Å². The summed E-state index contributed by atoms with van der Waals surface area (Å²) >= 11 is 10.6. The minimum absolute atomic E-state index is 0.228. The summed E-state index contributed by atoms with van der Waals surface area (Å²) in [5.41, 5.74) is -1.05. The minimum atomic E-state index is -2.26. The van der Waals surface area contributed by atoms with Gasteiger partial charge < -0.3 is 15.4 Å². The molecule has 0 heterocycles. The second-order valence-corrected chi connectivity index (χ2v) is 5.21. The molecule has 3 nitrogen and oxygen atoms in total. The van der Waals surface area contributed by atoms with Gasteiger partial charge in [-0.3, -0.25) is 0 Å². The number of hydrogen-bond acceptors (Lipinski definition) is 2. The number of benzene rings is 2. The normalized spacial score (nSPS) is 10.5. The monoisotopic (exact) mass is 382 g/mol. The first-order chi connectivity index (χ1) is 11.3. The second-order valence-electron chi connectivity index (χ2n) is 4.37. The highest BCUT2D eigenvalue weighted by Gasteiger charge is 2.26. The van der Waals surface area contributed by atoms with Crippen LogP contribution in [0.3, 0.4) is 0 Å². The van der Waals surface area contributed by atoms with Crippen molar-refractivity contribution in [3.05, 3.63) is 52.3 Å². The van der Waals surface area contributed by atoms with E-state index in [-0.39, 0.29) is 5.69 Å². The van der Waals surface area contributed by atoms with Crippen molar-refractivity contribution in [1.82, 2.24) is 0 Å². The van der Waals surface area contributed by atoms with Crippen molar-refractivity contribution in [3.63, 3.8) is 0 Å². The third-order valence-corrected chi connectivity index (χ3v) is 3.30. The van der Waals surface area contributed by atoms with Crippen molar-refractivity contribution in [2.75, 3.05) is 17.7 Å². The molecule has 0 amide bonds. The van der Waals surface area contributed by atoms with E-state index in [1.165, 1.54) is 25.3 Å². The van der Waals surface area contributed by atoms with Crippen molar-refractivity contribution < 1.29 is 26.7 Å². The molecule has 2 aromatic rings. The van der Waals surface area contributed by atoms with E-state index in [4.69, 9.17) is 28.6 Å². The Bertz CT molecular complexity index is 789. The standard InChI is InChI=1S/C14H8ClF5N2OS/c1-23-7-3-2-5(15)4-6(7)21-14(24)22-13-11(19)9(17)8(16)10(18)12(13)20/h2-4H,1H3,(H2,21,22,24). The third kappa shape index (κ3) is 3.51. The highest BCUT2D eigenvalue weighted by molar-refractivity contribution is 7.80. The van der Waals surface area contributed by atoms with Crippen molar-refractivity contribution in [2.24, 2.45) is 0 Å². The molecule has 0 spiro atoms. The Hall–Kier alpha value is -2.13. The first-order valence-corrected chi connectivity index (χ1v) is 6.97. The minimum Gasteiger partial charge on any atom is -0.495 e. The quantitative estimate of drug-likeness (QED) is 0.344. The van der Waals surface area contributed by atoms with Gasteiger partial charge >= 0.3 is 0 Å². The highest BCUT2D eigenvalue weighted by atomic mass is 35.5. The summed E-state index contributed by atoms with van der Waals surface area (Å²) in [6.07, 6.45) is 0. The van der Waals surface area contributed by atoms with Crippen LogP contribution in [0.15, 0.2) is 18.2 Å². The molecule has 0 aliphatic heterocycles. The van der Waals surface area contributed by atoms with Crippen molar-refractivity contribution in [2.45, 2.75) is 0 Å². The number of methoxy groups -OCH3 is 1. The average Bonchev–Trinajstić information content (AvgIpc) is 2.55. The van der Waals surface area contributed by atoms with Crippen molar-refractivity contribution in [3.8, 4) is 5.75 Å². The first-order valence-electron chi connectivity index (χ1n) is 6.19. The number of nitrogens with one attached hydrogen (secondary N) is 2. The van der Waals surface area contributed by atoms with Crippen LogP contribution in [-0.4, -0.2) is 12.2 Å². The van der Waals surface area contributed by atoms with Crippen LogP contribution in [0.25, 0.3) is 0 Å². The molecule has 2 rings (SSSR count). The smallest absolute Gasteiger partial charge is 0.200 e. The lowest BCUT2D eigenvalue weighted by Gasteiger charge is -2.15. The molecule has 0 aromatic heterocycles. The van der Waals surface area contributed by atoms with E-state index in [9.17, 15) is 22.0 Å². The summed E-state index contributed by atoms with van der Waals surface area (Å²) < 4.78 is 71.5. The van der Waals surface area contributed by atoms with Gasteiger partial charge in [-0.05, 0) is 30.4 Å². The zero-order valence-corrected chi connectivity index (χ0v) is 13.4. The van der Waals surface area contributed by atoms with Crippen LogP contribution in [0.5, 0.6) is 5.75 Å². The number of anilines is 2. The molecule has 10 heteroatoms. The lowest BCUT2D eigenvalue weighted by molar-refractivity contribution is 0.382. The molecule has 0 fully saturated rings. The van der Waals surface area contributed by atoms with E-state index in [0.29, 0.717) is 10.8 Å². The van der Waals surface area contributed by atoms with Crippen LogP contribution in [0.4, 0.5) is 33.3 Å². The predicted octanol–water partition coefficient (Wildman–Crippen LogP) is 4.85. The molecule has 0 aliphatic carbocycles. The van der Waals surface area contributed by atoms with Crippen LogP contribution < -0.4 is 15.4 Å². The van der Waals surface area contributed by atoms with Crippen molar-refractivity contribution >= 4 is 40.3 Å². The van der Waals surface area contributed by atoms with Gasteiger partial charge in [0, 0.05) is 5.02 Å². The van der Waals surface area contributed by atoms with Crippen LogP contribution in [0.1, 0.15) is 0 Å². The summed E-state index contributed by atoms with van der Waals surface area (Å²) in [5.74, 6) is -10.2. The Balaban J connectivity index is 2.30. The SMILES string of the molecule is COc1ccc(Cl)cc1NC(=S)Nc1c(F)c(F)c(F)c(F)c1F. The highest BCUT2D eigenvalue weighted by Crippen LogP contribution is 2.29. The Morgan fingerprint density at radius 3 is 2.04 bits per heavy atom. The lowest BCUT2D eigenvalue weighted by atomic mass is 10.2. The number of thiocarbonyl (C=S) groups is 1. The summed E-state index contributed by atoms with van der Waals surface area (Å²) in [6, 6.07) is 4.41. The fourth-order valence-electron chi connectivity index (χ4n) is 1.76. The molecule has 0 bridgehead atoms. The maximum absolute atomic E-state index is 13.6. The van der Waals surface area contributed by atoms with Gasteiger partial charge in [0.05, 0.1) is 12.8 Å².